The Morgan fingerprint density at radius 1 is 1.10 bits per heavy atom. The van der Waals surface area contributed by atoms with Gasteiger partial charge in [-0.1, -0.05) is 31.2 Å². The molecule has 1 aliphatic heterocycles. The fraction of sp³-hybridized carbons (Fsp3) is 0.276. The van der Waals surface area contributed by atoms with Gasteiger partial charge in [-0.05, 0) is 72.3 Å². The van der Waals surface area contributed by atoms with Crippen molar-refractivity contribution < 1.29 is 18.0 Å². The number of H-pyrrole nitrogens is 1. The van der Waals surface area contributed by atoms with Gasteiger partial charge in [-0.2, -0.15) is 18.3 Å². The summed E-state index contributed by atoms with van der Waals surface area (Å²) in [6.07, 6.45) is -1.61. The standard InChI is InChI=1S/C29H29F3N6O/c1-3-38-15-20-12-25(34-14-21(20)16-38)35-26-13-22(36-37-26)10-9-18-11-19(8-7-17(18)2)27-23(28(33)39)5-4-6-24(27)29(30,31)32/h4-8,11-14H,3,9-10,15-16H2,1-2H3,(H2,33,39)(H2,34,35,36,37). The van der Waals surface area contributed by atoms with Gasteiger partial charge in [0.2, 0.25) is 5.91 Å². The lowest BCUT2D eigenvalue weighted by molar-refractivity contribution is -0.137. The molecule has 39 heavy (non-hydrogen) atoms. The topological polar surface area (TPSA) is 99.9 Å². The van der Waals surface area contributed by atoms with Crippen LogP contribution in [0.25, 0.3) is 11.1 Å². The summed E-state index contributed by atoms with van der Waals surface area (Å²) in [5.41, 5.74) is 9.57. The van der Waals surface area contributed by atoms with Crippen LogP contribution >= 0.6 is 0 Å². The molecule has 7 nitrogen and oxygen atoms in total. The monoisotopic (exact) mass is 534 g/mol. The number of amides is 1. The first-order chi connectivity index (χ1) is 18.6. The molecule has 0 aliphatic carbocycles. The van der Waals surface area contributed by atoms with Crippen LogP contribution in [-0.4, -0.2) is 32.5 Å². The number of aromatic amines is 1. The van der Waals surface area contributed by atoms with Crippen molar-refractivity contribution in [2.45, 2.75) is 46.0 Å². The zero-order valence-electron chi connectivity index (χ0n) is 21.7. The predicted octanol–water partition coefficient (Wildman–Crippen LogP) is 5.76. The van der Waals surface area contributed by atoms with Crippen LogP contribution in [0.5, 0.6) is 0 Å². The van der Waals surface area contributed by atoms with E-state index in [1.807, 2.05) is 19.2 Å². The SMILES string of the molecule is CCN1Cc2cnc(Nc3cc(CCc4cc(-c5c(C(N)=O)cccc5C(F)(F)F)ccc4C)n[nH]3)cc2C1. The number of anilines is 2. The lowest BCUT2D eigenvalue weighted by atomic mass is 9.90. The highest BCUT2D eigenvalue weighted by Gasteiger charge is 2.35. The van der Waals surface area contributed by atoms with Gasteiger partial charge >= 0.3 is 6.18 Å². The molecule has 1 amide bonds. The van der Waals surface area contributed by atoms with E-state index < -0.39 is 17.6 Å². The van der Waals surface area contributed by atoms with E-state index >= 15 is 0 Å². The largest absolute Gasteiger partial charge is 0.417 e. The second-order valence-corrected chi connectivity index (χ2v) is 9.77. The lowest BCUT2D eigenvalue weighted by Crippen LogP contribution is -2.16. The number of fused-ring (bicyclic) bond motifs is 1. The third-order valence-electron chi connectivity index (χ3n) is 7.14. The van der Waals surface area contributed by atoms with E-state index in [1.165, 1.54) is 23.3 Å². The average molecular weight is 535 g/mol. The number of primary amides is 1. The average Bonchev–Trinajstić information content (AvgIpc) is 3.53. The van der Waals surface area contributed by atoms with Crippen LogP contribution in [0.2, 0.25) is 0 Å². The number of pyridine rings is 1. The first kappa shape index (κ1) is 26.4. The van der Waals surface area contributed by atoms with Gasteiger partial charge in [-0.15, -0.1) is 0 Å². The van der Waals surface area contributed by atoms with E-state index in [4.69, 9.17) is 5.73 Å². The Morgan fingerprint density at radius 2 is 1.90 bits per heavy atom. The Balaban J connectivity index is 1.33. The van der Waals surface area contributed by atoms with Crippen LogP contribution in [0.4, 0.5) is 24.8 Å². The summed E-state index contributed by atoms with van der Waals surface area (Å²) in [7, 11) is 0. The number of hydrogen-bond acceptors (Lipinski definition) is 5. The molecule has 0 radical (unpaired) electrons. The molecule has 3 heterocycles. The van der Waals surface area contributed by atoms with Crippen LogP contribution in [-0.2, 0) is 32.1 Å². The molecule has 0 saturated heterocycles. The van der Waals surface area contributed by atoms with E-state index in [0.717, 1.165) is 48.3 Å². The van der Waals surface area contributed by atoms with E-state index in [-0.39, 0.29) is 11.1 Å². The number of rotatable bonds is 8. The molecule has 1 aliphatic rings. The second-order valence-electron chi connectivity index (χ2n) is 9.77. The van der Waals surface area contributed by atoms with E-state index in [2.05, 4.69) is 38.4 Å². The molecule has 0 spiro atoms. The quantitative estimate of drug-likeness (QED) is 0.267. The molecule has 202 valence electrons. The number of aromatic nitrogens is 3. The summed E-state index contributed by atoms with van der Waals surface area (Å²) >= 11 is 0. The summed E-state index contributed by atoms with van der Waals surface area (Å²) < 4.78 is 41.4. The fourth-order valence-electron chi connectivity index (χ4n) is 5.00. The summed E-state index contributed by atoms with van der Waals surface area (Å²) in [5.74, 6) is 0.535. The number of nitrogens with one attached hydrogen (secondary N) is 2. The molecule has 2 aromatic heterocycles. The van der Waals surface area contributed by atoms with Gasteiger partial charge in [0, 0.05) is 36.5 Å². The zero-order valence-corrected chi connectivity index (χ0v) is 21.7. The maximum Gasteiger partial charge on any atom is 0.417 e. The number of benzene rings is 2. The van der Waals surface area contributed by atoms with Crippen molar-refractivity contribution in [1.29, 1.82) is 0 Å². The molecule has 0 unspecified atom stereocenters. The summed E-state index contributed by atoms with van der Waals surface area (Å²) in [6, 6.07) is 12.5. The molecular weight excluding hydrogens is 505 g/mol. The minimum Gasteiger partial charge on any atom is -0.366 e. The number of carbonyl (C=O) groups is 1. The van der Waals surface area contributed by atoms with Crippen molar-refractivity contribution in [2.75, 3.05) is 11.9 Å². The van der Waals surface area contributed by atoms with Gasteiger partial charge in [0.15, 0.2) is 0 Å². The molecule has 4 aromatic rings. The molecule has 0 atom stereocenters. The number of alkyl halides is 3. The molecule has 4 N–H and O–H groups in total. The molecule has 0 bridgehead atoms. The minimum atomic E-state index is -4.63. The summed E-state index contributed by atoms with van der Waals surface area (Å²) in [5, 5.41) is 10.6. The van der Waals surface area contributed by atoms with E-state index in [1.54, 1.807) is 18.2 Å². The van der Waals surface area contributed by atoms with Gasteiger partial charge in [0.25, 0.3) is 0 Å². The first-order valence-corrected chi connectivity index (χ1v) is 12.7. The Morgan fingerprint density at radius 3 is 2.64 bits per heavy atom. The Bertz CT molecular complexity index is 1530. The molecular formula is C29H29F3N6O. The van der Waals surface area contributed by atoms with Crippen LogP contribution in [0.15, 0.2) is 54.7 Å². The predicted molar refractivity (Wildman–Crippen MR) is 143 cm³/mol. The molecule has 0 fully saturated rings. The van der Waals surface area contributed by atoms with Crippen LogP contribution in [0.3, 0.4) is 0 Å². The van der Waals surface area contributed by atoms with Crippen molar-refractivity contribution >= 4 is 17.5 Å². The highest BCUT2D eigenvalue weighted by atomic mass is 19.4. The zero-order chi connectivity index (χ0) is 27.7. The Hall–Kier alpha value is -4.18. The lowest BCUT2D eigenvalue weighted by Gasteiger charge is -2.17. The van der Waals surface area contributed by atoms with Gasteiger partial charge in [-0.25, -0.2) is 4.98 Å². The van der Waals surface area contributed by atoms with E-state index in [9.17, 15) is 18.0 Å². The smallest absolute Gasteiger partial charge is 0.366 e. The molecule has 0 saturated carbocycles. The van der Waals surface area contributed by atoms with Gasteiger partial charge in [0.05, 0.1) is 11.3 Å². The Kier molecular flexibility index (Phi) is 7.14. The fourth-order valence-corrected chi connectivity index (χ4v) is 5.00. The van der Waals surface area contributed by atoms with Crippen molar-refractivity contribution in [2.24, 2.45) is 5.73 Å². The van der Waals surface area contributed by atoms with Gasteiger partial charge < -0.3 is 11.1 Å². The first-order valence-electron chi connectivity index (χ1n) is 12.7. The van der Waals surface area contributed by atoms with Gasteiger partial charge in [-0.3, -0.25) is 14.8 Å². The number of hydrogen-bond donors (Lipinski definition) is 3. The van der Waals surface area contributed by atoms with E-state index in [0.29, 0.717) is 24.2 Å². The van der Waals surface area contributed by atoms with Crippen molar-refractivity contribution in [3.05, 3.63) is 93.8 Å². The highest BCUT2D eigenvalue weighted by Crippen LogP contribution is 2.39. The van der Waals surface area contributed by atoms with Gasteiger partial charge in [0.1, 0.15) is 11.6 Å². The number of nitrogens with two attached hydrogens (primary N) is 1. The summed E-state index contributed by atoms with van der Waals surface area (Å²) in [6.45, 7) is 6.86. The summed E-state index contributed by atoms with van der Waals surface area (Å²) in [4.78, 5) is 18.8. The van der Waals surface area contributed by atoms with Crippen molar-refractivity contribution in [1.82, 2.24) is 20.1 Å². The number of nitrogens with zero attached hydrogens (tertiary/aromatic N) is 3. The number of aryl methyl sites for hydroxylation is 3. The van der Waals surface area contributed by atoms with Crippen molar-refractivity contribution in [3.63, 3.8) is 0 Å². The maximum absolute atomic E-state index is 13.8. The maximum atomic E-state index is 13.8. The minimum absolute atomic E-state index is 0.162. The molecule has 5 rings (SSSR count). The number of halogens is 3. The van der Waals surface area contributed by atoms with Crippen LogP contribution in [0, 0.1) is 6.92 Å². The molecule has 2 aromatic carbocycles. The highest BCUT2D eigenvalue weighted by molar-refractivity contribution is 6.00. The third-order valence-corrected chi connectivity index (χ3v) is 7.14. The van der Waals surface area contributed by atoms with Crippen LogP contribution in [0.1, 0.15) is 50.8 Å². The third kappa shape index (κ3) is 5.65. The Labute approximate surface area is 224 Å². The van der Waals surface area contributed by atoms with Crippen molar-refractivity contribution in [3.8, 4) is 11.1 Å². The number of carbonyl (C=O) groups excluding carboxylic acids is 1. The normalized spacial score (nSPS) is 13.5. The second kappa shape index (κ2) is 10.5. The molecule has 10 heteroatoms. The van der Waals surface area contributed by atoms with Crippen LogP contribution < -0.4 is 11.1 Å².